The average Bonchev–Trinajstić information content (AvgIpc) is 3.15. The topological polar surface area (TPSA) is 59.6 Å². The van der Waals surface area contributed by atoms with Gasteiger partial charge in [-0.1, -0.05) is 6.07 Å². The molecule has 1 amide bonds. The zero-order chi connectivity index (χ0) is 16.3. The number of ether oxygens (including phenoxy) is 2. The molecule has 23 heavy (non-hydrogen) atoms. The molecule has 2 N–H and O–H groups in total. The van der Waals surface area contributed by atoms with Crippen molar-refractivity contribution in [3.8, 4) is 5.75 Å². The minimum absolute atomic E-state index is 0.109. The van der Waals surface area contributed by atoms with Gasteiger partial charge in [-0.15, -0.1) is 0 Å². The number of benzene rings is 1. The van der Waals surface area contributed by atoms with E-state index in [2.05, 4.69) is 10.6 Å². The van der Waals surface area contributed by atoms with E-state index in [1.165, 1.54) is 0 Å². The lowest BCUT2D eigenvalue weighted by Crippen LogP contribution is -2.35. The molecule has 2 atom stereocenters. The smallest absolute Gasteiger partial charge is 0.262 e. The molecular weight excluding hydrogens is 306 g/mol. The van der Waals surface area contributed by atoms with Crippen LogP contribution in [0, 0.1) is 0 Å². The predicted octanol–water partition coefficient (Wildman–Crippen LogP) is 2.18. The van der Waals surface area contributed by atoms with Crippen LogP contribution in [0.25, 0.3) is 0 Å². The van der Waals surface area contributed by atoms with Gasteiger partial charge >= 0.3 is 0 Å². The number of carbonyl (C=O) groups is 1. The molecule has 0 aliphatic carbocycles. The third kappa shape index (κ3) is 4.39. The first-order chi connectivity index (χ1) is 11.0. The van der Waals surface area contributed by atoms with E-state index in [1.807, 2.05) is 0 Å². The SMILES string of the molecule is O=C(Nc1cccc(OCC2CCCO2)c1)C1CC(F)(F)CN1. The Labute approximate surface area is 133 Å². The standard InChI is InChI=1S/C16H20F2N2O3/c17-16(18)8-14(19-10-16)15(21)20-11-3-1-4-12(7-11)23-9-13-5-2-6-22-13/h1,3-4,7,13-14,19H,2,5-6,8-10H2,(H,20,21). The van der Waals surface area contributed by atoms with E-state index >= 15 is 0 Å². The summed E-state index contributed by atoms with van der Waals surface area (Å²) in [7, 11) is 0. The molecule has 0 saturated carbocycles. The van der Waals surface area contributed by atoms with Gasteiger partial charge in [-0.05, 0) is 25.0 Å². The van der Waals surface area contributed by atoms with Gasteiger partial charge in [0.05, 0.1) is 18.7 Å². The van der Waals surface area contributed by atoms with Crippen LogP contribution in [-0.2, 0) is 9.53 Å². The van der Waals surface area contributed by atoms with Crippen molar-refractivity contribution in [3.05, 3.63) is 24.3 Å². The summed E-state index contributed by atoms with van der Waals surface area (Å²) in [6, 6.07) is 6.04. The highest BCUT2D eigenvalue weighted by Crippen LogP contribution is 2.26. The van der Waals surface area contributed by atoms with E-state index in [0.717, 1.165) is 19.4 Å². The Bertz CT molecular complexity index is 562. The second-order valence-corrected chi connectivity index (χ2v) is 5.96. The summed E-state index contributed by atoms with van der Waals surface area (Å²) >= 11 is 0. The van der Waals surface area contributed by atoms with Crippen LogP contribution in [-0.4, -0.2) is 43.7 Å². The maximum atomic E-state index is 13.1. The van der Waals surface area contributed by atoms with Gasteiger partial charge in [-0.2, -0.15) is 0 Å². The molecule has 126 valence electrons. The highest BCUT2D eigenvalue weighted by molar-refractivity contribution is 5.95. The van der Waals surface area contributed by atoms with Crippen molar-refractivity contribution in [2.24, 2.45) is 0 Å². The average molecular weight is 326 g/mol. The van der Waals surface area contributed by atoms with Crippen molar-refractivity contribution in [1.82, 2.24) is 5.32 Å². The van der Waals surface area contributed by atoms with Crippen molar-refractivity contribution in [2.45, 2.75) is 37.3 Å². The molecule has 0 bridgehead atoms. The monoisotopic (exact) mass is 326 g/mol. The van der Waals surface area contributed by atoms with Gasteiger partial charge < -0.3 is 14.8 Å². The Hall–Kier alpha value is -1.73. The Balaban J connectivity index is 1.53. The molecule has 0 radical (unpaired) electrons. The van der Waals surface area contributed by atoms with Crippen molar-refractivity contribution in [3.63, 3.8) is 0 Å². The molecule has 2 saturated heterocycles. The number of amides is 1. The Morgan fingerprint density at radius 2 is 2.35 bits per heavy atom. The number of nitrogens with one attached hydrogen (secondary N) is 2. The van der Waals surface area contributed by atoms with Crippen LogP contribution in [0.3, 0.4) is 0 Å². The van der Waals surface area contributed by atoms with Gasteiger partial charge in [0, 0.05) is 24.8 Å². The summed E-state index contributed by atoms with van der Waals surface area (Å²) < 4.78 is 37.4. The molecule has 2 aliphatic heterocycles. The minimum Gasteiger partial charge on any atom is -0.491 e. The molecule has 2 heterocycles. The highest BCUT2D eigenvalue weighted by atomic mass is 19.3. The fourth-order valence-corrected chi connectivity index (χ4v) is 2.76. The third-order valence-electron chi connectivity index (χ3n) is 3.99. The zero-order valence-electron chi connectivity index (χ0n) is 12.7. The van der Waals surface area contributed by atoms with E-state index in [1.54, 1.807) is 24.3 Å². The summed E-state index contributed by atoms with van der Waals surface area (Å²) in [4.78, 5) is 12.0. The zero-order valence-corrected chi connectivity index (χ0v) is 12.7. The molecule has 2 aliphatic rings. The van der Waals surface area contributed by atoms with Gasteiger partial charge in [0.25, 0.3) is 5.92 Å². The second-order valence-electron chi connectivity index (χ2n) is 5.96. The lowest BCUT2D eigenvalue weighted by atomic mass is 10.2. The van der Waals surface area contributed by atoms with Gasteiger partial charge in [0.15, 0.2) is 0 Å². The first-order valence-electron chi connectivity index (χ1n) is 7.78. The molecule has 5 nitrogen and oxygen atoms in total. The molecule has 0 spiro atoms. The van der Waals surface area contributed by atoms with Crippen LogP contribution in [0.4, 0.5) is 14.5 Å². The number of hydrogen-bond acceptors (Lipinski definition) is 4. The lowest BCUT2D eigenvalue weighted by molar-refractivity contribution is -0.118. The van der Waals surface area contributed by atoms with E-state index in [4.69, 9.17) is 9.47 Å². The number of hydrogen-bond donors (Lipinski definition) is 2. The highest BCUT2D eigenvalue weighted by Gasteiger charge is 2.42. The second kappa shape index (κ2) is 6.80. The predicted molar refractivity (Wildman–Crippen MR) is 80.9 cm³/mol. The van der Waals surface area contributed by atoms with Gasteiger partial charge in [-0.25, -0.2) is 8.78 Å². The summed E-state index contributed by atoms with van der Waals surface area (Å²) in [6.07, 6.45) is 1.66. The fourth-order valence-electron chi connectivity index (χ4n) is 2.76. The number of carbonyl (C=O) groups excluding carboxylic acids is 1. The van der Waals surface area contributed by atoms with Crippen molar-refractivity contribution >= 4 is 11.6 Å². The summed E-state index contributed by atoms with van der Waals surface area (Å²) in [5, 5.41) is 5.18. The molecule has 2 fully saturated rings. The number of alkyl halides is 2. The van der Waals surface area contributed by atoms with Crippen LogP contribution in [0.5, 0.6) is 5.75 Å². The van der Waals surface area contributed by atoms with E-state index in [9.17, 15) is 13.6 Å². The van der Waals surface area contributed by atoms with Crippen molar-refractivity contribution in [1.29, 1.82) is 0 Å². The third-order valence-corrected chi connectivity index (χ3v) is 3.99. The maximum Gasteiger partial charge on any atom is 0.262 e. The quantitative estimate of drug-likeness (QED) is 0.871. The van der Waals surface area contributed by atoms with Crippen molar-refractivity contribution < 1.29 is 23.0 Å². The van der Waals surface area contributed by atoms with Gasteiger partial charge in [-0.3, -0.25) is 10.1 Å². The Morgan fingerprint density at radius 1 is 1.48 bits per heavy atom. The van der Waals surface area contributed by atoms with Crippen LogP contribution < -0.4 is 15.4 Å². The first kappa shape index (κ1) is 16.1. The van der Waals surface area contributed by atoms with Gasteiger partial charge in [0.2, 0.25) is 5.91 Å². The fraction of sp³-hybridized carbons (Fsp3) is 0.562. The number of halogens is 2. The van der Waals surface area contributed by atoms with Crippen LogP contribution >= 0.6 is 0 Å². The molecule has 2 unspecified atom stereocenters. The summed E-state index contributed by atoms with van der Waals surface area (Å²) in [5.74, 6) is -2.67. The van der Waals surface area contributed by atoms with Crippen molar-refractivity contribution in [2.75, 3.05) is 25.1 Å². The summed E-state index contributed by atoms with van der Waals surface area (Å²) in [5.41, 5.74) is 0.525. The summed E-state index contributed by atoms with van der Waals surface area (Å²) in [6.45, 7) is 0.770. The van der Waals surface area contributed by atoms with E-state index in [0.29, 0.717) is 18.0 Å². The van der Waals surface area contributed by atoms with E-state index < -0.39 is 30.8 Å². The minimum atomic E-state index is -2.83. The lowest BCUT2D eigenvalue weighted by Gasteiger charge is -2.14. The largest absolute Gasteiger partial charge is 0.491 e. The first-order valence-corrected chi connectivity index (χ1v) is 7.78. The van der Waals surface area contributed by atoms with Gasteiger partial charge in [0.1, 0.15) is 12.4 Å². The molecule has 0 aromatic heterocycles. The molecular formula is C16H20F2N2O3. The molecule has 1 aromatic carbocycles. The van der Waals surface area contributed by atoms with Crippen LogP contribution in [0.15, 0.2) is 24.3 Å². The number of rotatable bonds is 5. The molecule has 1 aromatic rings. The van der Waals surface area contributed by atoms with E-state index in [-0.39, 0.29) is 6.10 Å². The Morgan fingerprint density at radius 3 is 3.04 bits per heavy atom. The molecule has 3 rings (SSSR count). The van der Waals surface area contributed by atoms with Crippen LogP contribution in [0.1, 0.15) is 19.3 Å². The normalized spacial score (nSPS) is 26.2. The maximum absolute atomic E-state index is 13.1. The number of anilines is 1. The van der Waals surface area contributed by atoms with Crippen LogP contribution in [0.2, 0.25) is 0 Å². The Kier molecular flexibility index (Phi) is 4.77. The molecule has 7 heteroatoms.